The van der Waals surface area contributed by atoms with Crippen molar-refractivity contribution < 1.29 is 38.1 Å². The van der Waals surface area contributed by atoms with Crippen molar-refractivity contribution in [3.63, 3.8) is 0 Å². The second-order valence-electron chi connectivity index (χ2n) is 5.67. The third-order valence-electron chi connectivity index (χ3n) is 4.31. The predicted octanol–water partition coefficient (Wildman–Crippen LogP) is -1.12. The van der Waals surface area contributed by atoms with Gasteiger partial charge in [-0.25, -0.2) is 0 Å². The molecule has 1 amide bonds. The Morgan fingerprint density at radius 1 is 1.04 bits per heavy atom. The summed E-state index contributed by atoms with van der Waals surface area (Å²) in [5.41, 5.74) is 0. The first kappa shape index (κ1) is 18.6. The Morgan fingerprint density at radius 3 is 2.25 bits per heavy atom. The van der Waals surface area contributed by atoms with Crippen LogP contribution in [0.1, 0.15) is 6.92 Å². The van der Waals surface area contributed by atoms with Crippen molar-refractivity contribution in [3.05, 3.63) is 0 Å². The molecule has 2 aliphatic heterocycles. The van der Waals surface area contributed by atoms with Crippen molar-refractivity contribution in [1.29, 1.82) is 0 Å². The number of carbonyl (C=O) groups excluding carboxylic acids is 3. The highest BCUT2D eigenvalue weighted by Crippen LogP contribution is 2.46. The van der Waals surface area contributed by atoms with Crippen LogP contribution in [0.4, 0.5) is 0 Å². The quantitative estimate of drug-likeness (QED) is 0.457. The molecule has 9 heteroatoms. The van der Waals surface area contributed by atoms with Gasteiger partial charge >= 0.3 is 11.9 Å². The molecule has 0 spiro atoms. The fourth-order valence-corrected chi connectivity index (χ4v) is 3.37. The van der Waals surface area contributed by atoms with Gasteiger partial charge in [0.2, 0.25) is 5.91 Å². The third kappa shape index (κ3) is 3.38. The van der Waals surface area contributed by atoms with Gasteiger partial charge in [-0.05, 0) is 0 Å². The van der Waals surface area contributed by atoms with E-state index in [0.29, 0.717) is 0 Å². The molecule has 2 rings (SSSR count). The van der Waals surface area contributed by atoms with E-state index in [1.807, 2.05) is 0 Å². The van der Waals surface area contributed by atoms with Crippen LogP contribution in [0.15, 0.2) is 0 Å². The van der Waals surface area contributed by atoms with Crippen LogP contribution < -0.4 is 5.32 Å². The van der Waals surface area contributed by atoms with Crippen LogP contribution in [0.3, 0.4) is 0 Å². The Morgan fingerprint density at radius 2 is 1.71 bits per heavy atom. The molecule has 0 aliphatic carbocycles. The summed E-state index contributed by atoms with van der Waals surface area (Å²) < 4.78 is 26.4. The smallest absolute Gasteiger partial charge is 0.312 e. The number of carbonyl (C=O) groups is 3. The van der Waals surface area contributed by atoms with Crippen LogP contribution in [0.2, 0.25) is 0 Å². The zero-order valence-corrected chi connectivity index (χ0v) is 14.1. The van der Waals surface area contributed by atoms with E-state index in [1.54, 1.807) is 0 Å². The molecular formula is C15H23NO8. The topological polar surface area (TPSA) is 109 Å². The highest BCUT2D eigenvalue weighted by Gasteiger charge is 2.66. The molecule has 0 aromatic heterocycles. The van der Waals surface area contributed by atoms with Crippen LogP contribution in [0.25, 0.3) is 0 Å². The largest absolute Gasteiger partial charge is 0.463 e. The summed E-state index contributed by atoms with van der Waals surface area (Å²) in [5, 5.41) is 2.53. The molecule has 1 N–H and O–H groups in total. The lowest BCUT2D eigenvalue weighted by Gasteiger charge is -2.34. The summed E-state index contributed by atoms with van der Waals surface area (Å²) in [6.07, 6.45) is -2.87. The predicted molar refractivity (Wildman–Crippen MR) is 78.9 cm³/mol. The van der Waals surface area contributed by atoms with Crippen LogP contribution in [-0.2, 0) is 38.1 Å². The molecule has 2 aliphatic rings. The minimum Gasteiger partial charge on any atom is -0.463 e. The number of ether oxygens (including phenoxy) is 5. The molecule has 9 nitrogen and oxygen atoms in total. The fourth-order valence-electron chi connectivity index (χ4n) is 3.37. The Hall–Kier alpha value is -1.71. The SMILES string of the molecule is CNC(=O)C1C(C(=O)OCCOC)C2O[C@@H]1[C@@H](OC)C2OC(C)=O. The van der Waals surface area contributed by atoms with E-state index in [2.05, 4.69) is 5.32 Å². The molecule has 0 radical (unpaired) electrons. The Balaban J connectivity index is 2.23. The van der Waals surface area contributed by atoms with Crippen molar-refractivity contribution in [2.45, 2.75) is 31.3 Å². The lowest BCUT2D eigenvalue weighted by atomic mass is 9.75. The number of fused-ring (bicyclic) bond motifs is 2. The van der Waals surface area contributed by atoms with Crippen LogP contribution in [0.5, 0.6) is 0 Å². The van der Waals surface area contributed by atoms with Crippen molar-refractivity contribution >= 4 is 17.8 Å². The Kier molecular flexibility index (Phi) is 6.14. The standard InChI is InChI=1S/C15H23NO8/c1-7(17)23-13-11-9(15(19)22-6-5-20-3)8(14(18)16-2)10(24-11)12(13)21-4/h8-13H,5-6H2,1-4H3,(H,16,18)/t8?,9?,10-,11?,12+,13?/m0/s1. The van der Waals surface area contributed by atoms with Gasteiger partial charge in [-0.1, -0.05) is 0 Å². The maximum Gasteiger partial charge on any atom is 0.312 e. The number of rotatable bonds is 7. The number of amides is 1. The number of hydrogen-bond acceptors (Lipinski definition) is 8. The van der Waals surface area contributed by atoms with E-state index in [1.165, 1.54) is 28.2 Å². The Bertz CT molecular complexity index is 496. The van der Waals surface area contributed by atoms with E-state index in [0.717, 1.165) is 0 Å². The molecule has 136 valence electrons. The minimum atomic E-state index is -0.873. The average molecular weight is 345 g/mol. The van der Waals surface area contributed by atoms with E-state index in [9.17, 15) is 14.4 Å². The lowest BCUT2D eigenvalue weighted by molar-refractivity contribution is -0.168. The van der Waals surface area contributed by atoms with Gasteiger partial charge in [-0.2, -0.15) is 0 Å². The van der Waals surface area contributed by atoms with Gasteiger partial charge in [0.1, 0.15) is 30.8 Å². The number of methoxy groups -OCH3 is 2. The zero-order valence-electron chi connectivity index (χ0n) is 14.1. The van der Waals surface area contributed by atoms with Gasteiger partial charge in [-0.3, -0.25) is 14.4 Å². The van der Waals surface area contributed by atoms with Crippen LogP contribution in [-0.4, -0.2) is 76.7 Å². The Labute approximate surface area is 139 Å². The van der Waals surface area contributed by atoms with Gasteiger partial charge in [0.25, 0.3) is 0 Å². The fraction of sp³-hybridized carbons (Fsp3) is 0.800. The van der Waals surface area contributed by atoms with Crippen LogP contribution >= 0.6 is 0 Å². The van der Waals surface area contributed by atoms with E-state index in [4.69, 9.17) is 23.7 Å². The van der Waals surface area contributed by atoms with Crippen molar-refractivity contribution in [3.8, 4) is 0 Å². The van der Waals surface area contributed by atoms with Gasteiger partial charge < -0.3 is 29.0 Å². The molecule has 2 saturated heterocycles. The molecule has 4 unspecified atom stereocenters. The summed E-state index contributed by atoms with van der Waals surface area (Å²) in [7, 11) is 4.41. The van der Waals surface area contributed by atoms with E-state index in [-0.39, 0.29) is 19.1 Å². The number of hydrogen-bond donors (Lipinski definition) is 1. The normalized spacial score (nSPS) is 34.0. The first-order valence-corrected chi connectivity index (χ1v) is 7.68. The third-order valence-corrected chi connectivity index (χ3v) is 4.31. The van der Waals surface area contributed by atoms with E-state index < -0.39 is 48.2 Å². The van der Waals surface area contributed by atoms with Crippen molar-refractivity contribution in [1.82, 2.24) is 5.32 Å². The lowest BCUT2D eigenvalue weighted by Crippen LogP contribution is -2.55. The summed E-state index contributed by atoms with van der Waals surface area (Å²) in [4.78, 5) is 36.1. The molecule has 24 heavy (non-hydrogen) atoms. The van der Waals surface area contributed by atoms with Crippen molar-refractivity contribution in [2.24, 2.45) is 11.8 Å². The maximum atomic E-state index is 12.4. The second-order valence-corrected chi connectivity index (χ2v) is 5.67. The molecule has 0 saturated carbocycles. The first-order valence-electron chi connectivity index (χ1n) is 7.68. The molecule has 2 fully saturated rings. The summed E-state index contributed by atoms with van der Waals surface area (Å²) in [6.45, 7) is 1.57. The molecule has 0 aromatic carbocycles. The van der Waals surface area contributed by atoms with Gasteiger partial charge in [0.15, 0.2) is 6.10 Å². The van der Waals surface area contributed by atoms with Gasteiger partial charge in [0.05, 0.1) is 12.5 Å². The molecule has 0 aromatic rings. The zero-order chi connectivity index (χ0) is 17.9. The monoisotopic (exact) mass is 345 g/mol. The molecule has 2 bridgehead atoms. The maximum absolute atomic E-state index is 12.4. The summed E-state index contributed by atoms with van der Waals surface area (Å²) in [6, 6.07) is 0. The average Bonchev–Trinajstić information content (AvgIpc) is 3.09. The molecular weight excluding hydrogens is 322 g/mol. The molecule has 2 heterocycles. The highest BCUT2D eigenvalue weighted by molar-refractivity contribution is 5.87. The van der Waals surface area contributed by atoms with Gasteiger partial charge in [-0.15, -0.1) is 0 Å². The minimum absolute atomic E-state index is 0.0651. The highest BCUT2D eigenvalue weighted by atomic mass is 16.6. The van der Waals surface area contributed by atoms with Crippen LogP contribution in [0, 0.1) is 11.8 Å². The van der Waals surface area contributed by atoms with Crippen molar-refractivity contribution in [2.75, 3.05) is 34.5 Å². The summed E-state index contributed by atoms with van der Waals surface area (Å²) >= 11 is 0. The van der Waals surface area contributed by atoms with Gasteiger partial charge in [0, 0.05) is 28.2 Å². The van der Waals surface area contributed by atoms with E-state index >= 15 is 0 Å². The number of esters is 2. The molecule has 6 atom stereocenters. The second kappa shape index (κ2) is 7.91. The number of nitrogens with one attached hydrogen (secondary N) is 1. The summed E-state index contributed by atoms with van der Waals surface area (Å²) in [5.74, 6) is -3.09. The first-order chi connectivity index (χ1) is 11.5.